The summed E-state index contributed by atoms with van der Waals surface area (Å²) < 4.78 is 5.09. The summed E-state index contributed by atoms with van der Waals surface area (Å²) in [6.45, 7) is 10.3. The van der Waals surface area contributed by atoms with E-state index in [1.807, 2.05) is 13.8 Å². The van der Waals surface area contributed by atoms with Crippen molar-refractivity contribution < 1.29 is 19.4 Å². The van der Waals surface area contributed by atoms with Gasteiger partial charge >= 0.3 is 5.97 Å². The van der Waals surface area contributed by atoms with Gasteiger partial charge in [0.1, 0.15) is 5.60 Å². The van der Waals surface area contributed by atoms with Crippen molar-refractivity contribution in [2.75, 3.05) is 0 Å². The number of aryl methyl sites for hydroxylation is 3. The number of benzene rings is 1. The maximum atomic E-state index is 11.1. The molecule has 0 aromatic heterocycles. The lowest BCUT2D eigenvalue weighted by molar-refractivity contribution is -0.147. The molecule has 1 aromatic rings. The second-order valence-electron chi connectivity index (χ2n) is 9.54. The Balaban J connectivity index is 2.29. The highest BCUT2D eigenvalue weighted by Gasteiger charge is 2.25. The third kappa shape index (κ3) is 9.96. The summed E-state index contributed by atoms with van der Waals surface area (Å²) >= 11 is 0. The SMILES string of the molecule is Cc1cc(CCCCCC(C)(C)C(=O)O)ccc1CCCCCC(C)(C)OC=O. The number of carboxylic acid groups (broad SMARTS) is 1. The molecule has 0 atom stereocenters. The lowest BCUT2D eigenvalue weighted by Gasteiger charge is -2.22. The molecule has 0 fully saturated rings. The lowest BCUT2D eigenvalue weighted by Crippen LogP contribution is -2.23. The van der Waals surface area contributed by atoms with Gasteiger partial charge in [0.05, 0.1) is 5.41 Å². The monoisotopic (exact) mass is 404 g/mol. The van der Waals surface area contributed by atoms with Crippen LogP contribution in [0, 0.1) is 12.3 Å². The summed E-state index contributed by atoms with van der Waals surface area (Å²) in [5.74, 6) is -0.707. The predicted molar refractivity (Wildman–Crippen MR) is 118 cm³/mol. The van der Waals surface area contributed by atoms with Gasteiger partial charge < -0.3 is 9.84 Å². The van der Waals surface area contributed by atoms with Gasteiger partial charge in [-0.15, -0.1) is 0 Å². The van der Waals surface area contributed by atoms with Crippen LogP contribution in [0.4, 0.5) is 0 Å². The minimum atomic E-state index is -0.707. The fraction of sp³-hybridized carbons (Fsp3) is 0.680. The van der Waals surface area contributed by atoms with E-state index in [1.165, 1.54) is 16.7 Å². The van der Waals surface area contributed by atoms with E-state index in [-0.39, 0.29) is 5.60 Å². The highest BCUT2D eigenvalue weighted by atomic mass is 16.5. The normalized spacial score (nSPS) is 12.0. The van der Waals surface area contributed by atoms with Gasteiger partial charge in [-0.3, -0.25) is 9.59 Å². The summed E-state index contributed by atoms with van der Waals surface area (Å²) in [5, 5.41) is 9.16. The molecular weight excluding hydrogens is 364 g/mol. The van der Waals surface area contributed by atoms with Crippen molar-refractivity contribution in [1.82, 2.24) is 0 Å². The van der Waals surface area contributed by atoms with Gasteiger partial charge in [-0.1, -0.05) is 37.5 Å². The second-order valence-corrected chi connectivity index (χ2v) is 9.54. The van der Waals surface area contributed by atoms with Crippen LogP contribution in [0.2, 0.25) is 0 Å². The van der Waals surface area contributed by atoms with Crippen LogP contribution in [-0.4, -0.2) is 23.1 Å². The van der Waals surface area contributed by atoms with Crippen molar-refractivity contribution in [3.63, 3.8) is 0 Å². The van der Waals surface area contributed by atoms with Crippen molar-refractivity contribution in [2.24, 2.45) is 5.41 Å². The minimum Gasteiger partial charge on any atom is -0.481 e. The number of ether oxygens (including phenoxy) is 1. The molecule has 0 radical (unpaired) electrons. The Bertz CT molecular complexity index is 646. The molecule has 0 aliphatic carbocycles. The van der Waals surface area contributed by atoms with E-state index in [1.54, 1.807) is 13.8 Å². The summed E-state index contributed by atoms with van der Waals surface area (Å²) in [4.78, 5) is 21.6. The van der Waals surface area contributed by atoms with E-state index in [0.29, 0.717) is 6.47 Å². The van der Waals surface area contributed by atoms with Crippen LogP contribution in [-0.2, 0) is 27.2 Å². The topological polar surface area (TPSA) is 63.6 Å². The molecule has 1 N–H and O–H groups in total. The molecular formula is C25H40O4. The zero-order valence-corrected chi connectivity index (χ0v) is 19.1. The average Bonchev–Trinajstić information content (AvgIpc) is 2.62. The van der Waals surface area contributed by atoms with Crippen LogP contribution in [0.5, 0.6) is 0 Å². The number of carbonyl (C=O) groups is 2. The molecule has 0 bridgehead atoms. The molecule has 1 rings (SSSR count). The summed E-state index contributed by atoms with van der Waals surface area (Å²) in [5.41, 5.74) is 3.18. The van der Waals surface area contributed by atoms with Crippen LogP contribution in [0.15, 0.2) is 18.2 Å². The Morgan fingerprint density at radius 1 is 0.966 bits per heavy atom. The standard InChI is InChI=1S/C25H40O4/c1-20-18-21(12-8-6-10-16-24(2,3)23(27)28)14-15-22(20)13-9-7-11-17-25(4,5)29-19-26/h14-15,18-19H,6-13,16-17H2,1-5H3,(H,27,28). The van der Waals surface area contributed by atoms with Gasteiger partial charge in [0.2, 0.25) is 0 Å². The molecule has 0 unspecified atom stereocenters. The molecule has 0 aliphatic heterocycles. The Hall–Kier alpha value is -1.84. The predicted octanol–water partition coefficient (Wildman–Crippen LogP) is 6.26. The van der Waals surface area contributed by atoms with E-state index in [4.69, 9.17) is 9.84 Å². The van der Waals surface area contributed by atoms with Crippen LogP contribution in [0.3, 0.4) is 0 Å². The smallest absolute Gasteiger partial charge is 0.309 e. The first-order chi connectivity index (χ1) is 13.6. The van der Waals surface area contributed by atoms with Crippen LogP contribution in [0.25, 0.3) is 0 Å². The van der Waals surface area contributed by atoms with Gasteiger partial charge in [0.15, 0.2) is 0 Å². The number of carboxylic acids is 1. The largest absolute Gasteiger partial charge is 0.481 e. The van der Waals surface area contributed by atoms with Gasteiger partial charge in [-0.2, -0.15) is 0 Å². The quantitative estimate of drug-likeness (QED) is 0.277. The number of aliphatic carboxylic acids is 1. The zero-order chi connectivity index (χ0) is 21.9. The maximum Gasteiger partial charge on any atom is 0.309 e. The van der Waals surface area contributed by atoms with Gasteiger partial charge in [-0.25, -0.2) is 0 Å². The molecule has 1 aromatic carbocycles. The van der Waals surface area contributed by atoms with Gasteiger partial charge in [0, 0.05) is 0 Å². The van der Waals surface area contributed by atoms with Crippen LogP contribution >= 0.6 is 0 Å². The van der Waals surface area contributed by atoms with E-state index in [0.717, 1.165) is 64.2 Å². The van der Waals surface area contributed by atoms with Crippen LogP contribution < -0.4 is 0 Å². The number of rotatable bonds is 15. The van der Waals surface area contributed by atoms with Crippen molar-refractivity contribution in [2.45, 2.75) is 104 Å². The highest BCUT2D eigenvalue weighted by molar-refractivity contribution is 5.73. The molecule has 4 heteroatoms. The fourth-order valence-corrected chi connectivity index (χ4v) is 3.61. The lowest BCUT2D eigenvalue weighted by atomic mass is 9.87. The number of unbranched alkanes of at least 4 members (excludes halogenated alkanes) is 4. The Labute approximate surface area is 177 Å². The van der Waals surface area contributed by atoms with Crippen LogP contribution in [0.1, 0.15) is 95.8 Å². The van der Waals surface area contributed by atoms with Crippen molar-refractivity contribution in [3.8, 4) is 0 Å². The average molecular weight is 405 g/mol. The number of hydrogen-bond donors (Lipinski definition) is 1. The molecule has 0 aliphatic rings. The first-order valence-electron chi connectivity index (χ1n) is 11.0. The van der Waals surface area contributed by atoms with Crippen molar-refractivity contribution in [1.29, 1.82) is 0 Å². The van der Waals surface area contributed by atoms with E-state index in [9.17, 15) is 9.59 Å². The number of carbonyl (C=O) groups excluding carboxylic acids is 1. The molecule has 0 heterocycles. The highest BCUT2D eigenvalue weighted by Crippen LogP contribution is 2.24. The maximum absolute atomic E-state index is 11.1. The Morgan fingerprint density at radius 3 is 2.17 bits per heavy atom. The fourth-order valence-electron chi connectivity index (χ4n) is 3.61. The Morgan fingerprint density at radius 2 is 1.59 bits per heavy atom. The van der Waals surface area contributed by atoms with Crippen molar-refractivity contribution >= 4 is 12.4 Å². The first kappa shape index (κ1) is 25.2. The zero-order valence-electron chi connectivity index (χ0n) is 19.1. The van der Waals surface area contributed by atoms with E-state index < -0.39 is 11.4 Å². The molecule has 0 amide bonds. The summed E-state index contributed by atoms with van der Waals surface area (Å²) in [6, 6.07) is 6.81. The third-order valence-electron chi connectivity index (χ3n) is 5.85. The third-order valence-corrected chi connectivity index (χ3v) is 5.85. The molecule has 0 spiro atoms. The Kier molecular flexibility index (Phi) is 10.4. The second kappa shape index (κ2) is 12.0. The van der Waals surface area contributed by atoms with E-state index >= 15 is 0 Å². The summed E-state index contributed by atoms with van der Waals surface area (Å²) in [7, 11) is 0. The number of hydrogen-bond acceptors (Lipinski definition) is 3. The first-order valence-corrected chi connectivity index (χ1v) is 11.0. The molecule has 0 saturated carbocycles. The van der Waals surface area contributed by atoms with Gasteiger partial charge in [0.25, 0.3) is 6.47 Å². The molecule has 4 nitrogen and oxygen atoms in total. The van der Waals surface area contributed by atoms with Gasteiger partial charge in [-0.05, 0) is 96.3 Å². The van der Waals surface area contributed by atoms with Crippen molar-refractivity contribution in [3.05, 3.63) is 34.9 Å². The van der Waals surface area contributed by atoms with E-state index in [2.05, 4.69) is 25.1 Å². The minimum absolute atomic E-state index is 0.358. The summed E-state index contributed by atoms with van der Waals surface area (Å²) in [6.07, 6.45) is 10.3. The molecule has 29 heavy (non-hydrogen) atoms. The molecule has 0 saturated heterocycles. The molecule has 164 valence electrons.